The van der Waals surface area contributed by atoms with Crippen LogP contribution < -0.4 is 10.1 Å². The molecule has 1 aromatic carbocycles. The monoisotopic (exact) mass is 588 g/mol. The number of methoxy groups -OCH3 is 1. The number of rotatable bonds is 14. The molecule has 1 N–H and O–H groups in total. The van der Waals surface area contributed by atoms with Crippen LogP contribution in [-0.4, -0.2) is 99.7 Å². The number of hydrazone groups is 1. The van der Waals surface area contributed by atoms with E-state index in [4.69, 9.17) is 9.47 Å². The fourth-order valence-corrected chi connectivity index (χ4v) is 6.26. The SMILES string of the molecule is COCCCS(=O)(=O)c1ccc(C(=NN2CCCC2)C(=O)Nc2nc3ccc(OCCCN(C)C)nc3s2)cc1. The minimum absolute atomic E-state index is 0.0100. The molecule has 0 radical (unpaired) electrons. The van der Waals surface area contributed by atoms with Gasteiger partial charge in [-0.1, -0.05) is 23.5 Å². The number of anilines is 1. The van der Waals surface area contributed by atoms with Crippen LogP contribution in [0, 0.1) is 0 Å². The molecule has 3 heterocycles. The summed E-state index contributed by atoms with van der Waals surface area (Å²) in [6, 6.07) is 9.88. The number of amides is 1. The third-order valence-electron chi connectivity index (χ3n) is 6.24. The van der Waals surface area contributed by atoms with Crippen LogP contribution in [0.4, 0.5) is 5.13 Å². The molecule has 0 atom stereocenters. The zero-order chi connectivity index (χ0) is 28.5. The highest BCUT2D eigenvalue weighted by atomic mass is 32.2. The second kappa shape index (κ2) is 14.0. The van der Waals surface area contributed by atoms with Gasteiger partial charge in [0.1, 0.15) is 10.3 Å². The molecule has 0 unspecified atom stereocenters. The van der Waals surface area contributed by atoms with Gasteiger partial charge in [0.2, 0.25) is 5.88 Å². The van der Waals surface area contributed by atoms with Crippen molar-refractivity contribution in [3.63, 3.8) is 0 Å². The molecule has 216 valence electrons. The molecule has 0 aliphatic carbocycles. The van der Waals surface area contributed by atoms with Crippen LogP contribution >= 0.6 is 11.3 Å². The van der Waals surface area contributed by atoms with E-state index in [-0.39, 0.29) is 16.4 Å². The fourth-order valence-electron chi connectivity index (χ4n) is 4.16. The summed E-state index contributed by atoms with van der Waals surface area (Å²) in [7, 11) is 2.12. The third-order valence-corrected chi connectivity index (χ3v) is 8.93. The zero-order valence-electron chi connectivity index (χ0n) is 23.1. The number of carbonyl (C=O) groups excluding carboxylic acids is 1. The lowest BCUT2D eigenvalue weighted by Gasteiger charge is -2.14. The first-order valence-electron chi connectivity index (χ1n) is 13.3. The number of nitrogens with zero attached hydrogens (tertiary/aromatic N) is 5. The highest BCUT2D eigenvalue weighted by Crippen LogP contribution is 2.27. The van der Waals surface area contributed by atoms with Gasteiger partial charge in [0.05, 0.1) is 17.3 Å². The first-order chi connectivity index (χ1) is 19.2. The van der Waals surface area contributed by atoms with Crippen LogP contribution in [0.3, 0.4) is 0 Å². The molecule has 1 amide bonds. The van der Waals surface area contributed by atoms with Crippen LogP contribution in [0.25, 0.3) is 10.3 Å². The van der Waals surface area contributed by atoms with Crippen molar-refractivity contribution in [2.24, 2.45) is 5.10 Å². The number of hydrogen-bond acceptors (Lipinski definition) is 11. The summed E-state index contributed by atoms with van der Waals surface area (Å²) in [6.07, 6.45) is 3.29. The molecule has 0 spiro atoms. The number of hydrogen-bond donors (Lipinski definition) is 1. The van der Waals surface area contributed by atoms with Gasteiger partial charge >= 0.3 is 0 Å². The Kier molecular flexibility index (Phi) is 10.4. The highest BCUT2D eigenvalue weighted by Gasteiger charge is 2.21. The maximum Gasteiger partial charge on any atom is 0.278 e. The highest BCUT2D eigenvalue weighted by molar-refractivity contribution is 7.91. The Morgan fingerprint density at radius 2 is 1.82 bits per heavy atom. The van der Waals surface area contributed by atoms with Crippen molar-refractivity contribution < 1.29 is 22.7 Å². The molecule has 3 aromatic rings. The number of aromatic nitrogens is 2. The number of carbonyl (C=O) groups is 1. The first-order valence-corrected chi connectivity index (χ1v) is 15.7. The van der Waals surface area contributed by atoms with Gasteiger partial charge in [0.25, 0.3) is 5.91 Å². The second-order valence-corrected chi connectivity index (χ2v) is 12.8. The Morgan fingerprint density at radius 1 is 1.07 bits per heavy atom. The summed E-state index contributed by atoms with van der Waals surface area (Å²) >= 11 is 1.25. The van der Waals surface area contributed by atoms with Crippen molar-refractivity contribution >= 4 is 48.3 Å². The van der Waals surface area contributed by atoms with Crippen LogP contribution in [-0.2, 0) is 19.4 Å². The topological polar surface area (TPSA) is 126 Å². The summed E-state index contributed by atoms with van der Waals surface area (Å²) in [6.45, 7) is 3.36. The van der Waals surface area contributed by atoms with Gasteiger partial charge in [-0.2, -0.15) is 5.10 Å². The largest absolute Gasteiger partial charge is 0.478 e. The van der Waals surface area contributed by atoms with E-state index in [0.717, 1.165) is 38.9 Å². The summed E-state index contributed by atoms with van der Waals surface area (Å²) in [4.78, 5) is 25.4. The van der Waals surface area contributed by atoms with Crippen molar-refractivity contribution in [1.82, 2.24) is 19.9 Å². The normalized spacial score (nSPS) is 14.3. The van der Waals surface area contributed by atoms with Gasteiger partial charge in [0, 0.05) is 45.0 Å². The van der Waals surface area contributed by atoms with Crippen molar-refractivity contribution in [2.45, 2.75) is 30.6 Å². The molecule has 4 rings (SSSR count). The van der Waals surface area contributed by atoms with Crippen LogP contribution in [0.1, 0.15) is 31.2 Å². The summed E-state index contributed by atoms with van der Waals surface area (Å²) in [5.74, 6) is 0.0762. The molecular formula is C27H36N6O5S2. The van der Waals surface area contributed by atoms with Crippen molar-refractivity contribution in [3.05, 3.63) is 42.0 Å². The molecule has 1 aliphatic heterocycles. The van der Waals surface area contributed by atoms with Crippen LogP contribution in [0.2, 0.25) is 0 Å². The molecule has 1 aliphatic rings. The van der Waals surface area contributed by atoms with E-state index in [9.17, 15) is 13.2 Å². The van der Waals surface area contributed by atoms with E-state index in [0.29, 0.717) is 46.6 Å². The van der Waals surface area contributed by atoms with Crippen LogP contribution in [0.15, 0.2) is 46.4 Å². The third kappa shape index (κ3) is 8.19. The van der Waals surface area contributed by atoms with E-state index in [1.165, 1.54) is 23.5 Å². The standard InChI is InChI=1S/C27H36N6O5S2/c1-32(2)14-6-18-38-23-13-12-22-26(29-23)39-27(28-22)30-25(34)24(31-33-15-4-5-16-33)20-8-10-21(11-9-20)40(35,36)19-7-17-37-3/h8-13H,4-7,14-19H2,1-3H3,(H,28,30,34). The van der Waals surface area contributed by atoms with E-state index < -0.39 is 15.7 Å². The Hall–Kier alpha value is -3.13. The molecule has 1 saturated heterocycles. The van der Waals surface area contributed by atoms with Gasteiger partial charge < -0.3 is 14.4 Å². The summed E-state index contributed by atoms with van der Waals surface area (Å²) in [5.41, 5.74) is 1.37. The molecule has 2 aromatic heterocycles. The van der Waals surface area contributed by atoms with E-state index in [1.807, 2.05) is 25.2 Å². The Labute approximate surface area is 239 Å². The lowest BCUT2D eigenvalue weighted by atomic mass is 10.1. The van der Waals surface area contributed by atoms with Gasteiger partial charge in [-0.05, 0) is 58.0 Å². The first kappa shape index (κ1) is 29.8. The minimum atomic E-state index is -3.45. The summed E-state index contributed by atoms with van der Waals surface area (Å²) in [5, 5.41) is 9.74. The minimum Gasteiger partial charge on any atom is -0.478 e. The average molecular weight is 589 g/mol. The number of benzene rings is 1. The maximum atomic E-state index is 13.4. The van der Waals surface area contributed by atoms with Gasteiger partial charge in [0.15, 0.2) is 20.7 Å². The van der Waals surface area contributed by atoms with Gasteiger partial charge in [-0.15, -0.1) is 0 Å². The van der Waals surface area contributed by atoms with E-state index in [1.54, 1.807) is 25.3 Å². The lowest BCUT2D eigenvalue weighted by molar-refractivity contribution is -0.110. The Balaban J connectivity index is 1.50. The second-order valence-electron chi connectivity index (χ2n) is 9.75. The number of nitrogens with one attached hydrogen (secondary N) is 1. The Bertz CT molecular complexity index is 1420. The number of pyridine rings is 1. The zero-order valence-corrected chi connectivity index (χ0v) is 24.8. The summed E-state index contributed by atoms with van der Waals surface area (Å²) < 4.78 is 36.0. The number of fused-ring (bicyclic) bond motifs is 1. The van der Waals surface area contributed by atoms with Crippen molar-refractivity contribution in [2.75, 3.05) is 65.1 Å². The maximum absolute atomic E-state index is 13.4. The molecule has 11 nitrogen and oxygen atoms in total. The average Bonchev–Trinajstić information content (AvgIpc) is 3.59. The molecular weight excluding hydrogens is 552 g/mol. The smallest absolute Gasteiger partial charge is 0.278 e. The quantitative estimate of drug-likeness (QED) is 0.223. The van der Waals surface area contributed by atoms with E-state index >= 15 is 0 Å². The molecule has 13 heteroatoms. The van der Waals surface area contributed by atoms with Gasteiger partial charge in [-0.25, -0.2) is 18.4 Å². The fraction of sp³-hybridized carbons (Fsp3) is 0.481. The van der Waals surface area contributed by atoms with Gasteiger partial charge in [-0.3, -0.25) is 15.1 Å². The molecule has 0 bridgehead atoms. The predicted octanol–water partition coefficient (Wildman–Crippen LogP) is 3.27. The number of thiazole rings is 1. The van der Waals surface area contributed by atoms with Crippen molar-refractivity contribution in [1.29, 1.82) is 0 Å². The number of sulfone groups is 1. The molecule has 40 heavy (non-hydrogen) atoms. The lowest BCUT2D eigenvalue weighted by Crippen LogP contribution is -2.27. The van der Waals surface area contributed by atoms with E-state index in [2.05, 4.69) is 25.3 Å². The Morgan fingerprint density at radius 3 is 2.52 bits per heavy atom. The van der Waals surface area contributed by atoms with Crippen LogP contribution in [0.5, 0.6) is 5.88 Å². The predicted molar refractivity (Wildman–Crippen MR) is 157 cm³/mol. The number of ether oxygens (including phenoxy) is 2. The molecule has 1 fully saturated rings. The van der Waals surface area contributed by atoms with Crippen molar-refractivity contribution in [3.8, 4) is 5.88 Å². The molecule has 0 saturated carbocycles.